The maximum atomic E-state index is 11.9. The zero-order valence-corrected chi connectivity index (χ0v) is 16.0. The van der Waals surface area contributed by atoms with Gasteiger partial charge in [0.05, 0.1) is 6.61 Å². The van der Waals surface area contributed by atoms with Crippen LogP contribution in [0.2, 0.25) is 0 Å². The van der Waals surface area contributed by atoms with Gasteiger partial charge in [-0.3, -0.25) is 5.32 Å². The molecule has 2 aromatic carbocycles. The fraction of sp³-hybridized carbons (Fsp3) is 0.273. The quantitative estimate of drug-likeness (QED) is 0.289. The smallest absolute Gasteiger partial charge is 0.411 e. The van der Waals surface area contributed by atoms with Crippen LogP contribution in [0.5, 0.6) is 0 Å². The Morgan fingerprint density at radius 3 is 2.61 bits per heavy atom. The number of rotatable bonds is 9. The lowest BCUT2D eigenvalue weighted by molar-refractivity contribution is -0.137. The molecule has 0 aliphatic rings. The van der Waals surface area contributed by atoms with Crippen molar-refractivity contribution in [2.45, 2.75) is 32.8 Å². The molecule has 0 heterocycles. The van der Waals surface area contributed by atoms with Crippen LogP contribution in [0.15, 0.2) is 60.7 Å². The van der Waals surface area contributed by atoms with E-state index in [-0.39, 0.29) is 12.6 Å². The summed E-state index contributed by atoms with van der Waals surface area (Å²) in [5.41, 5.74) is 9.19. The van der Waals surface area contributed by atoms with Gasteiger partial charge in [-0.1, -0.05) is 42.5 Å². The van der Waals surface area contributed by atoms with Crippen LogP contribution in [0, 0.1) is 0 Å². The molecule has 28 heavy (non-hydrogen) atoms. The van der Waals surface area contributed by atoms with Crippen molar-refractivity contribution in [1.29, 1.82) is 0 Å². The maximum Gasteiger partial charge on any atom is 0.411 e. The van der Waals surface area contributed by atoms with E-state index in [9.17, 15) is 9.59 Å². The van der Waals surface area contributed by atoms with E-state index in [0.29, 0.717) is 18.0 Å². The zero-order valence-electron chi connectivity index (χ0n) is 16.0. The summed E-state index contributed by atoms with van der Waals surface area (Å²) in [5, 5.41) is 2.68. The van der Waals surface area contributed by atoms with Gasteiger partial charge in [0.2, 0.25) is 0 Å². The van der Waals surface area contributed by atoms with Crippen LogP contribution in [-0.2, 0) is 27.3 Å². The van der Waals surface area contributed by atoms with Crippen LogP contribution in [0.3, 0.4) is 0 Å². The Labute approximate surface area is 165 Å². The van der Waals surface area contributed by atoms with Gasteiger partial charge in [0, 0.05) is 17.5 Å². The van der Waals surface area contributed by atoms with E-state index in [1.165, 1.54) is 6.08 Å². The van der Waals surface area contributed by atoms with E-state index in [0.717, 1.165) is 30.4 Å². The van der Waals surface area contributed by atoms with Gasteiger partial charge in [-0.05, 0) is 49.4 Å². The van der Waals surface area contributed by atoms with Gasteiger partial charge in [0.15, 0.2) is 0 Å². The average molecular weight is 382 g/mol. The first kappa shape index (κ1) is 21.0. The Morgan fingerprint density at radius 1 is 1.11 bits per heavy atom. The molecule has 0 atom stereocenters. The van der Waals surface area contributed by atoms with E-state index in [1.54, 1.807) is 25.1 Å². The largest absolute Gasteiger partial charge is 0.463 e. The molecule has 0 bridgehead atoms. The molecule has 6 nitrogen and oxygen atoms in total. The summed E-state index contributed by atoms with van der Waals surface area (Å²) in [4.78, 5) is 23.1. The Bertz CT molecular complexity index is 803. The number of anilines is 2. The third-order valence-corrected chi connectivity index (χ3v) is 3.96. The summed E-state index contributed by atoms with van der Waals surface area (Å²) in [5.74, 6) is -0.323. The van der Waals surface area contributed by atoms with Crippen LogP contribution in [0.1, 0.15) is 30.9 Å². The lowest BCUT2D eigenvalue weighted by atomic mass is 10.1. The molecule has 0 spiro atoms. The number of benzene rings is 2. The van der Waals surface area contributed by atoms with Crippen molar-refractivity contribution < 1.29 is 19.1 Å². The SMILES string of the molecule is CCOC(=O)/C=C/CCCc1ccc(NC(=O)OCc2ccccc2)cc1N. The minimum Gasteiger partial charge on any atom is -0.463 e. The Morgan fingerprint density at radius 2 is 1.89 bits per heavy atom. The van der Waals surface area contributed by atoms with Crippen LogP contribution in [0.4, 0.5) is 16.2 Å². The number of nitrogens with one attached hydrogen (secondary N) is 1. The standard InChI is InChI=1S/C22H26N2O4/c1-2-27-21(25)12-8-4-7-11-18-13-14-19(15-20(18)23)24-22(26)28-16-17-9-5-3-6-10-17/h3,5-6,8-10,12-15H,2,4,7,11,16,23H2,1H3,(H,24,26)/b12-8+. The number of allylic oxidation sites excluding steroid dienone is 1. The molecule has 2 rings (SSSR count). The molecule has 0 saturated carbocycles. The fourth-order valence-electron chi connectivity index (χ4n) is 2.56. The molecule has 0 aliphatic heterocycles. The zero-order chi connectivity index (χ0) is 20.2. The Kier molecular flexibility index (Phi) is 8.59. The number of hydrogen-bond acceptors (Lipinski definition) is 5. The average Bonchev–Trinajstić information content (AvgIpc) is 2.68. The lowest BCUT2D eigenvalue weighted by Crippen LogP contribution is -2.13. The molecule has 0 unspecified atom stereocenters. The minimum absolute atomic E-state index is 0.208. The highest BCUT2D eigenvalue weighted by Gasteiger charge is 2.06. The minimum atomic E-state index is -0.528. The van der Waals surface area contributed by atoms with Crippen LogP contribution in [-0.4, -0.2) is 18.7 Å². The molecule has 148 valence electrons. The summed E-state index contributed by atoms with van der Waals surface area (Å²) in [6.45, 7) is 2.36. The van der Waals surface area contributed by atoms with Crippen LogP contribution < -0.4 is 11.1 Å². The molecule has 3 N–H and O–H groups in total. The van der Waals surface area contributed by atoms with Crippen molar-refractivity contribution in [3.63, 3.8) is 0 Å². The first-order valence-corrected chi connectivity index (χ1v) is 9.28. The Hall–Kier alpha value is -3.28. The number of carbonyl (C=O) groups is 2. The predicted octanol–water partition coefficient (Wildman–Crippen LogP) is 4.46. The third kappa shape index (κ3) is 7.53. The molecule has 0 aromatic heterocycles. The van der Waals surface area contributed by atoms with Crippen LogP contribution >= 0.6 is 0 Å². The summed E-state index contributed by atoms with van der Waals surface area (Å²) in [7, 11) is 0. The van der Waals surface area contributed by atoms with Gasteiger partial charge in [-0.15, -0.1) is 0 Å². The predicted molar refractivity (Wildman–Crippen MR) is 110 cm³/mol. The highest BCUT2D eigenvalue weighted by Crippen LogP contribution is 2.20. The van der Waals surface area contributed by atoms with Gasteiger partial charge in [-0.2, -0.15) is 0 Å². The first-order chi connectivity index (χ1) is 13.6. The number of unbranched alkanes of at least 4 members (excludes halogenated alkanes) is 1. The molecular weight excluding hydrogens is 356 g/mol. The molecule has 0 radical (unpaired) electrons. The van der Waals surface area contributed by atoms with E-state index in [2.05, 4.69) is 5.32 Å². The van der Waals surface area contributed by atoms with Gasteiger partial charge >= 0.3 is 12.1 Å². The molecule has 6 heteroatoms. The lowest BCUT2D eigenvalue weighted by Gasteiger charge is -2.10. The fourth-order valence-corrected chi connectivity index (χ4v) is 2.56. The maximum absolute atomic E-state index is 11.9. The Balaban J connectivity index is 1.76. The molecule has 0 fully saturated rings. The summed E-state index contributed by atoms with van der Waals surface area (Å²) in [6, 6.07) is 14.9. The second-order valence-electron chi connectivity index (χ2n) is 6.15. The number of ether oxygens (including phenoxy) is 2. The van der Waals surface area contributed by atoms with E-state index >= 15 is 0 Å². The molecule has 0 saturated heterocycles. The second kappa shape index (κ2) is 11.4. The third-order valence-electron chi connectivity index (χ3n) is 3.96. The molecular formula is C22H26N2O4. The monoisotopic (exact) mass is 382 g/mol. The van der Waals surface area contributed by atoms with Crippen molar-refractivity contribution >= 4 is 23.4 Å². The van der Waals surface area contributed by atoms with Gasteiger partial charge in [0.25, 0.3) is 0 Å². The van der Waals surface area contributed by atoms with Crippen molar-refractivity contribution in [2.75, 3.05) is 17.7 Å². The topological polar surface area (TPSA) is 90.6 Å². The summed E-state index contributed by atoms with van der Waals surface area (Å²) in [6.07, 6.45) is 5.10. The van der Waals surface area contributed by atoms with Crippen molar-refractivity contribution in [2.24, 2.45) is 0 Å². The number of aryl methyl sites for hydroxylation is 1. The summed E-state index contributed by atoms with van der Waals surface area (Å²) >= 11 is 0. The van der Waals surface area contributed by atoms with E-state index in [1.807, 2.05) is 36.4 Å². The number of nitrogen functional groups attached to an aromatic ring is 1. The number of esters is 1. The van der Waals surface area contributed by atoms with Crippen molar-refractivity contribution in [3.05, 3.63) is 71.8 Å². The number of carbonyl (C=O) groups excluding carboxylic acids is 2. The molecule has 2 aromatic rings. The number of amides is 1. The van der Waals surface area contributed by atoms with Gasteiger partial charge in [-0.25, -0.2) is 9.59 Å². The van der Waals surface area contributed by atoms with Crippen LogP contribution in [0.25, 0.3) is 0 Å². The van der Waals surface area contributed by atoms with Crippen molar-refractivity contribution in [1.82, 2.24) is 0 Å². The molecule has 1 amide bonds. The highest BCUT2D eigenvalue weighted by atomic mass is 16.5. The summed E-state index contributed by atoms with van der Waals surface area (Å²) < 4.78 is 10.0. The highest BCUT2D eigenvalue weighted by molar-refractivity contribution is 5.85. The van der Waals surface area contributed by atoms with Crippen molar-refractivity contribution in [3.8, 4) is 0 Å². The second-order valence-corrected chi connectivity index (χ2v) is 6.15. The first-order valence-electron chi connectivity index (χ1n) is 9.28. The van der Waals surface area contributed by atoms with E-state index < -0.39 is 6.09 Å². The normalized spacial score (nSPS) is 10.6. The molecule has 0 aliphatic carbocycles. The van der Waals surface area contributed by atoms with Gasteiger partial charge in [0.1, 0.15) is 6.61 Å². The van der Waals surface area contributed by atoms with Gasteiger partial charge < -0.3 is 15.2 Å². The number of nitrogens with two attached hydrogens (primary N) is 1. The van der Waals surface area contributed by atoms with E-state index in [4.69, 9.17) is 15.2 Å². The number of hydrogen-bond donors (Lipinski definition) is 2.